The minimum absolute atomic E-state index is 0.206. The lowest BCUT2D eigenvalue weighted by molar-refractivity contribution is 0.0635. The Morgan fingerprint density at radius 1 is 1.33 bits per heavy atom. The van der Waals surface area contributed by atoms with Crippen LogP contribution in [0.2, 0.25) is 0 Å². The second-order valence-corrected chi connectivity index (χ2v) is 6.75. The average Bonchev–Trinajstić information content (AvgIpc) is 2.26. The van der Waals surface area contributed by atoms with Crippen molar-refractivity contribution in [3.63, 3.8) is 0 Å². The minimum Gasteiger partial charge on any atom is -0.444 e. The highest BCUT2D eigenvalue weighted by Crippen LogP contribution is 2.19. The van der Waals surface area contributed by atoms with Gasteiger partial charge in [0.05, 0.1) is 6.61 Å². The number of aryl methyl sites for hydroxylation is 1. The van der Waals surface area contributed by atoms with Crippen LogP contribution >= 0.6 is 0 Å². The highest BCUT2D eigenvalue weighted by atomic mass is 32.2. The zero-order valence-corrected chi connectivity index (χ0v) is 13.3. The second kappa shape index (κ2) is 6.42. The van der Waals surface area contributed by atoms with Crippen molar-refractivity contribution < 1.29 is 22.1 Å². The third-order valence-electron chi connectivity index (χ3n) is 2.33. The molecule has 0 heterocycles. The molecule has 0 atom stereocenters. The first-order valence-electron chi connectivity index (χ1n) is 6.23. The molecular weight excluding hydrogens is 296 g/mol. The van der Waals surface area contributed by atoms with E-state index in [0.29, 0.717) is 11.3 Å². The Morgan fingerprint density at radius 2 is 1.95 bits per heavy atom. The number of hydrogen-bond donors (Lipinski definition) is 2. The standard InChI is InChI=1S/C13H20N2O5S/c1-9-5-6-10(8-19-21(14,17)18)7-11(9)15-12(16)20-13(2,3)4/h5-7H,8H2,1-4H3,(H,15,16)(H2,14,17,18). The maximum absolute atomic E-state index is 11.7. The first-order valence-corrected chi connectivity index (χ1v) is 7.70. The fourth-order valence-corrected chi connectivity index (χ4v) is 1.76. The van der Waals surface area contributed by atoms with E-state index in [0.717, 1.165) is 5.56 Å². The van der Waals surface area contributed by atoms with E-state index < -0.39 is 22.0 Å². The number of amides is 1. The Kier molecular flexibility index (Phi) is 5.32. The van der Waals surface area contributed by atoms with Crippen molar-refractivity contribution in [2.24, 2.45) is 5.14 Å². The van der Waals surface area contributed by atoms with E-state index in [2.05, 4.69) is 9.50 Å². The minimum atomic E-state index is -4.00. The van der Waals surface area contributed by atoms with Crippen molar-refractivity contribution in [2.45, 2.75) is 39.9 Å². The molecule has 0 aromatic heterocycles. The lowest BCUT2D eigenvalue weighted by Crippen LogP contribution is -2.27. The SMILES string of the molecule is Cc1ccc(COS(N)(=O)=O)cc1NC(=O)OC(C)(C)C. The summed E-state index contributed by atoms with van der Waals surface area (Å²) in [5.74, 6) is 0. The molecule has 8 heteroatoms. The Hall–Kier alpha value is -1.64. The number of rotatable bonds is 4. The average molecular weight is 316 g/mol. The molecule has 1 amide bonds. The van der Waals surface area contributed by atoms with Crippen LogP contribution in [0.4, 0.5) is 10.5 Å². The van der Waals surface area contributed by atoms with Crippen LogP contribution in [0.1, 0.15) is 31.9 Å². The van der Waals surface area contributed by atoms with Gasteiger partial charge in [-0.05, 0) is 44.9 Å². The van der Waals surface area contributed by atoms with E-state index in [1.54, 1.807) is 45.9 Å². The molecule has 0 bridgehead atoms. The number of nitrogens with one attached hydrogen (secondary N) is 1. The van der Waals surface area contributed by atoms with E-state index >= 15 is 0 Å². The first kappa shape index (κ1) is 17.4. The van der Waals surface area contributed by atoms with E-state index in [1.807, 2.05) is 0 Å². The van der Waals surface area contributed by atoms with Crippen LogP contribution in [0.5, 0.6) is 0 Å². The van der Waals surface area contributed by atoms with Crippen LogP contribution < -0.4 is 10.5 Å². The summed E-state index contributed by atoms with van der Waals surface area (Å²) in [7, 11) is -4.00. The highest BCUT2D eigenvalue weighted by molar-refractivity contribution is 7.84. The molecule has 0 saturated carbocycles. The fraction of sp³-hybridized carbons (Fsp3) is 0.462. The quantitative estimate of drug-likeness (QED) is 0.884. The van der Waals surface area contributed by atoms with Crippen LogP contribution in [-0.2, 0) is 25.8 Å². The van der Waals surface area contributed by atoms with E-state index in [9.17, 15) is 13.2 Å². The zero-order chi connectivity index (χ0) is 16.3. The molecule has 0 spiro atoms. The van der Waals surface area contributed by atoms with Gasteiger partial charge in [0.25, 0.3) is 0 Å². The zero-order valence-electron chi connectivity index (χ0n) is 12.5. The van der Waals surface area contributed by atoms with Crippen molar-refractivity contribution in [1.82, 2.24) is 0 Å². The van der Waals surface area contributed by atoms with Crippen molar-refractivity contribution in [2.75, 3.05) is 5.32 Å². The van der Waals surface area contributed by atoms with E-state index in [-0.39, 0.29) is 6.61 Å². The summed E-state index contributed by atoms with van der Waals surface area (Å²) >= 11 is 0. The molecule has 1 aromatic carbocycles. The van der Waals surface area contributed by atoms with Crippen molar-refractivity contribution in [3.05, 3.63) is 29.3 Å². The first-order chi connectivity index (χ1) is 9.46. The third kappa shape index (κ3) is 7.07. The molecule has 0 fully saturated rings. The van der Waals surface area contributed by atoms with Crippen molar-refractivity contribution in [3.8, 4) is 0 Å². The van der Waals surface area contributed by atoms with Gasteiger partial charge in [-0.3, -0.25) is 9.50 Å². The molecular formula is C13H20N2O5S. The predicted molar refractivity (Wildman–Crippen MR) is 78.9 cm³/mol. The number of carbonyl (C=O) groups is 1. The van der Waals surface area contributed by atoms with Gasteiger partial charge in [0.15, 0.2) is 0 Å². The Labute approximate surface area is 124 Å². The molecule has 21 heavy (non-hydrogen) atoms. The molecule has 118 valence electrons. The van der Waals surface area contributed by atoms with Gasteiger partial charge in [0, 0.05) is 5.69 Å². The summed E-state index contributed by atoms with van der Waals surface area (Å²) in [6, 6.07) is 5.01. The van der Waals surface area contributed by atoms with Gasteiger partial charge in [-0.25, -0.2) is 9.93 Å². The number of ether oxygens (including phenoxy) is 1. The number of carbonyl (C=O) groups excluding carboxylic acids is 1. The van der Waals surface area contributed by atoms with Crippen LogP contribution in [0.3, 0.4) is 0 Å². The van der Waals surface area contributed by atoms with Crippen LogP contribution in [0, 0.1) is 6.92 Å². The summed E-state index contributed by atoms with van der Waals surface area (Å²) in [4.78, 5) is 11.7. The van der Waals surface area contributed by atoms with Crippen LogP contribution in [-0.4, -0.2) is 20.1 Å². The molecule has 3 N–H and O–H groups in total. The van der Waals surface area contributed by atoms with Crippen LogP contribution in [0.25, 0.3) is 0 Å². The molecule has 0 aliphatic rings. The second-order valence-electron chi connectivity index (χ2n) is 5.53. The van der Waals surface area contributed by atoms with Gasteiger partial charge in [0.1, 0.15) is 5.60 Å². The van der Waals surface area contributed by atoms with E-state index in [1.165, 1.54) is 0 Å². The predicted octanol–water partition coefficient (Wildman–Crippen LogP) is 2.06. The van der Waals surface area contributed by atoms with Gasteiger partial charge in [0.2, 0.25) is 0 Å². The topological polar surface area (TPSA) is 108 Å². The molecule has 0 aliphatic heterocycles. The highest BCUT2D eigenvalue weighted by Gasteiger charge is 2.17. The van der Waals surface area contributed by atoms with Gasteiger partial charge >= 0.3 is 16.4 Å². The number of hydrogen-bond acceptors (Lipinski definition) is 5. The molecule has 0 aliphatic carbocycles. The van der Waals surface area contributed by atoms with Crippen molar-refractivity contribution in [1.29, 1.82) is 0 Å². The maximum Gasteiger partial charge on any atom is 0.412 e. The normalized spacial score (nSPS) is 12.0. The van der Waals surface area contributed by atoms with Gasteiger partial charge < -0.3 is 4.74 Å². The molecule has 0 saturated heterocycles. The Morgan fingerprint density at radius 3 is 2.48 bits per heavy atom. The third-order valence-corrected chi connectivity index (χ3v) is 2.77. The summed E-state index contributed by atoms with van der Waals surface area (Å²) in [6.45, 7) is 6.88. The molecule has 7 nitrogen and oxygen atoms in total. The Bertz CT molecular complexity index is 620. The summed E-state index contributed by atoms with van der Waals surface area (Å²) in [5, 5.41) is 7.37. The monoisotopic (exact) mass is 316 g/mol. The largest absolute Gasteiger partial charge is 0.444 e. The summed E-state index contributed by atoms with van der Waals surface area (Å²) < 4.78 is 31.2. The number of benzene rings is 1. The smallest absolute Gasteiger partial charge is 0.412 e. The molecule has 0 radical (unpaired) electrons. The number of nitrogens with two attached hydrogens (primary N) is 1. The molecule has 1 rings (SSSR count). The fourth-order valence-electron chi connectivity index (χ4n) is 1.46. The van der Waals surface area contributed by atoms with Gasteiger partial charge in [-0.15, -0.1) is 0 Å². The van der Waals surface area contributed by atoms with Gasteiger partial charge in [-0.2, -0.15) is 8.42 Å². The summed E-state index contributed by atoms with van der Waals surface area (Å²) in [6.07, 6.45) is -0.588. The lowest BCUT2D eigenvalue weighted by Gasteiger charge is -2.20. The van der Waals surface area contributed by atoms with Crippen molar-refractivity contribution >= 4 is 22.1 Å². The van der Waals surface area contributed by atoms with Gasteiger partial charge in [-0.1, -0.05) is 12.1 Å². The maximum atomic E-state index is 11.7. The number of anilines is 1. The molecule has 0 unspecified atom stereocenters. The van der Waals surface area contributed by atoms with E-state index in [4.69, 9.17) is 9.88 Å². The molecule has 1 aromatic rings. The summed E-state index contributed by atoms with van der Waals surface area (Å²) in [5.41, 5.74) is 1.27. The van der Waals surface area contributed by atoms with Crippen LogP contribution in [0.15, 0.2) is 18.2 Å². The Balaban J connectivity index is 2.80. The lowest BCUT2D eigenvalue weighted by atomic mass is 10.1.